The fourth-order valence-corrected chi connectivity index (χ4v) is 6.44. The van der Waals surface area contributed by atoms with E-state index in [0.29, 0.717) is 36.5 Å². The SMILES string of the molecule is C[C@H]1CCCN(C(=O)Cn2c(=O)ncc3cc(S(=O)(=O)N4CCCC[C@H]4C)ccc32)C1. The molecule has 2 saturated heterocycles. The Labute approximate surface area is 182 Å². The molecule has 8 nitrogen and oxygen atoms in total. The lowest BCUT2D eigenvalue weighted by atomic mass is 10.0. The van der Waals surface area contributed by atoms with Crippen LogP contribution in [0.2, 0.25) is 0 Å². The maximum absolute atomic E-state index is 13.2. The van der Waals surface area contributed by atoms with Gasteiger partial charge >= 0.3 is 5.69 Å². The summed E-state index contributed by atoms with van der Waals surface area (Å²) < 4.78 is 29.3. The van der Waals surface area contributed by atoms with Crippen LogP contribution >= 0.6 is 0 Å². The van der Waals surface area contributed by atoms with Crippen molar-refractivity contribution in [2.24, 2.45) is 5.92 Å². The number of likely N-dealkylation sites (tertiary alicyclic amines) is 1. The lowest BCUT2D eigenvalue weighted by Crippen LogP contribution is -2.42. The average molecular weight is 447 g/mol. The van der Waals surface area contributed by atoms with Crippen molar-refractivity contribution in [3.63, 3.8) is 0 Å². The van der Waals surface area contributed by atoms with Crippen LogP contribution in [0.25, 0.3) is 10.9 Å². The fourth-order valence-electron chi connectivity index (χ4n) is 4.71. The first-order valence-electron chi connectivity index (χ1n) is 11.1. The first kappa shape index (κ1) is 22.0. The maximum atomic E-state index is 13.2. The van der Waals surface area contributed by atoms with E-state index in [2.05, 4.69) is 11.9 Å². The number of piperidine rings is 2. The molecule has 0 N–H and O–H groups in total. The molecule has 2 aromatic rings. The zero-order chi connectivity index (χ0) is 22.2. The van der Waals surface area contributed by atoms with Gasteiger partial charge < -0.3 is 4.90 Å². The zero-order valence-corrected chi connectivity index (χ0v) is 19.0. The monoisotopic (exact) mass is 446 g/mol. The Hall–Kier alpha value is -2.26. The van der Waals surface area contributed by atoms with E-state index < -0.39 is 15.7 Å². The molecule has 31 heavy (non-hydrogen) atoms. The number of carbonyl (C=O) groups excluding carboxylic acids is 1. The molecular formula is C22H30N4O4S. The number of sulfonamides is 1. The van der Waals surface area contributed by atoms with Crippen molar-refractivity contribution in [3.05, 3.63) is 34.9 Å². The number of rotatable bonds is 4. The third-order valence-corrected chi connectivity index (χ3v) is 8.50. The smallest absolute Gasteiger partial charge is 0.341 e. The van der Waals surface area contributed by atoms with E-state index >= 15 is 0 Å². The normalized spacial score (nSPS) is 23.2. The second-order valence-electron chi connectivity index (χ2n) is 8.90. The first-order valence-corrected chi connectivity index (χ1v) is 12.5. The highest BCUT2D eigenvalue weighted by atomic mass is 32.2. The van der Waals surface area contributed by atoms with E-state index in [1.54, 1.807) is 21.3 Å². The third-order valence-electron chi connectivity index (χ3n) is 6.49. The molecule has 3 heterocycles. The minimum Gasteiger partial charge on any atom is -0.341 e. The molecule has 2 fully saturated rings. The summed E-state index contributed by atoms with van der Waals surface area (Å²) in [6.45, 7) is 5.88. The molecule has 168 valence electrons. The molecule has 0 saturated carbocycles. The maximum Gasteiger partial charge on any atom is 0.348 e. The molecule has 0 aliphatic carbocycles. The fraction of sp³-hybridized carbons (Fsp3) is 0.591. The van der Waals surface area contributed by atoms with Crippen molar-refractivity contribution in [1.82, 2.24) is 18.8 Å². The summed E-state index contributed by atoms with van der Waals surface area (Å²) in [5.74, 6) is 0.340. The number of nitrogens with zero attached hydrogens (tertiary/aromatic N) is 4. The molecule has 0 spiro atoms. The Morgan fingerprint density at radius 2 is 1.94 bits per heavy atom. The Morgan fingerprint density at radius 3 is 2.68 bits per heavy atom. The van der Waals surface area contributed by atoms with Gasteiger partial charge in [0.2, 0.25) is 15.9 Å². The van der Waals surface area contributed by atoms with Gasteiger partial charge in [0, 0.05) is 37.3 Å². The lowest BCUT2D eigenvalue weighted by Gasteiger charge is -2.32. The van der Waals surface area contributed by atoms with Crippen molar-refractivity contribution in [2.45, 2.75) is 63.4 Å². The molecule has 2 aliphatic heterocycles. The van der Waals surface area contributed by atoms with Crippen LogP contribution in [0, 0.1) is 5.92 Å². The Morgan fingerprint density at radius 1 is 1.13 bits per heavy atom. The molecule has 2 aliphatic rings. The summed E-state index contributed by atoms with van der Waals surface area (Å²) >= 11 is 0. The van der Waals surface area contributed by atoms with Crippen LogP contribution in [0.1, 0.15) is 46.0 Å². The standard InChI is InChI=1S/C22H30N4O4S/c1-16-6-5-10-24(14-16)21(27)15-25-20-9-8-19(12-18(20)13-23-22(25)28)31(29,30)26-11-4-3-7-17(26)2/h8-9,12-13,16-17H,3-7,10-11,14-15H2,1-2H3/t16-,17+/m0/s1. The minimum atomic E-state index is -3.63. The molecule has 0 radical (unpaired) electrons. The second kappa shape index (κ2) is 8.70. The Balaban J connectivity index is 1.65. The number of aromatic nitrogens is 2. The highest BCUT2D eigenvalue weighted by Gasteiger charge is 2.31. The van der Waals surface area contributed by atoms with Gasteiger partial charge in [-0.3, -0.25) is 9.36 Å². The van der Waals surface area contributed by atoms with Gasteiger partial charge in [-0.2, -0.15) is 4.31 Å². The highest BCUT2D eigenvalue weighted by molar-refractivity contribution is 7.89. The van der Waals surface area contributed by atoms with Gasteiger partial charge in [-0.15, -0.1) is 0 Å². The summed E-state index contributed by atoms with van der Waals surface area (Å²) in [4.78, 5) is 31.1. The van der Waals surface area contributed by atoms with E-state index in [1.165, 1.54) is 16.8 Å². The number of hydrogen-bond acceptors (Lipinski definition) is 5. The van der Waals surface area contributed by atoms with Gasteiger partial charge in [-0.05, 0) is 56.7 Å². The van der Waals surface area contributed by atoms with Crippen molar-refractivity contribution in [3.8, 4) is 0 Å². The number of carbonyl (C=O) groups is 1. The van der Waals surface area contributed by atoms with Gasteiger partial charge in [-0.25, -0.2) is 18.2 Å². The predicted octanol–water partition coefficient (Wildman–Crippen LogP) is 2.22. The lowest BCUT2D eigenvalue weighted by molar-refractivity contribution is -0.133. The van der Waals surface area contributed by atoms with Gasteiger partial charge in [0.25, 0.3) is 0 Å². The summed E-state index contributed by atoms with van der Waals surface area (Å²) in [6.07, 6.45) is 6.20. The van der Waals surface area contributed by atoms with Gasteiger partial charge in [0.05, 0.1) is 10.4 Å². The van der Waals surface area contributed by atoms with Crippen LogP contribution in [0.15, 0.2) is 34.1 Å². The van der Waals surface area contributed by atoms with E-state index in [1.807, 2.05) is 6.92 Å². The van der Waals surface area contributed by atoms with Crippen LogP contribution in [0.5, 0.6) is 0 Å². The van der Waals surface area contributed by atoms with Crippen molar-refractivity contribution in [1.29, 1.82) is 0 Å². The molecule has 1 aromatic carbocycles. The minimum absolute atomic E-state index is 0.0360. The van der Waals surface area contributed by atoms with Crippen LogP contribution in [-0.2, 0) is 21.4 Å². The van der Waals surface area contributed by atoms with Gasteiger partial charge in [0.15, 0.2) is 0 Å². The van der Waals surface area contributed by atoms with Crippen LogP contribution in [-0.4, -0.2) is 58.8 Å². The number of amides is 1. The molecule has 1 aromatic heterocycles. The highest BCUT2D eigenvalue weighted by Crippen LogP contribution is 2.27. The van der Waals surface area contributed by atoms with E-state index in [9.17, 15) is 18.0 Å². The largest absolute Gasteiger partial charge is 0.348 e. The van der Waals surface area contributed by atoms with Crippen LogP contribution in [0.4, 0.5) is 0 Å². The summed E-state index contributed by atoms with van der Waals surface area (Å²) in [5.41, 5.74) is 0.00946. The topological polar surface area (TPSA) is 92.6 Å². The summed E-state index contributed by atoms with van der Waals surface area (Å²) in [5, 5.41) is 0.533. The van der Waals surface area contributed by atoms with Crippen molar-refractivity contribution < 1.29 is 13.2 Å². The van der Waals surface area contributed by atoms with Gasteiger partial charge in [-0.1, -0.05) is 13.3 Å². The molecule has 4 rings (SSSR count). The van der Waals surface area contributed by atoms with E-state index in [4.69, 9.17) is 0 Å². The number of fused-ring (bicyclic) bond motifs is 1. The number of benzene rings is 1. The molecule has 9 heteroatoms. The van der Waals surface area contributed by atoms with Crippen molar-refractivity contribution >= 4 is 26.8 Å². The summed E-state index contributed by atoms with van der Waals surface area (Å²) in [6, 6.07) is 4.67. The first-order chi connectivity index (χ1) is 14.8. The average Bonchev–Trinajstić information content (AvgIpc) is 2.75. The predicted molar refractivity (Wildman–Crippen MR) is 118 cm³/mol. The molecule has 0 bridgehead atoms. The second-order valence-corrected chi connectivity index (χ2v) is 10.8. The van der Waals surface area contributed by atoms with E-state index in [-0.39, 0.29) is 23.4 Å². The quantitative estimate of drug-likeness (QED) is 0.718. The van der Waals surface area contributed by atoms with E-state index in [0.717, 1.165) is 32.1 Å². The zero-order valence-electron chi connectivity index (χ0n) is 18.2. The van der Waals surface area contributed by atoms with Crippen LogP contribution in [0.3, 0.4) is 0 Å². The van der Waals surface area contributed by atoms with Gasteiger partial charge in [0.1, 0.15) is 6.54 Å². The third kappa shape index (κ3) is 4.39. The van der Waals surface area contributed by atoms with Crippen molar-refractivity contribution in [2.75, 3.05) is 19.6 Å². The number of hydrogen-bond donors (Lipinski definition) is 0. The summed E-state index contributed by atoms with van der Waals surface area (Å²) in [7, 11) is -3.63. The van der Waals surface area contributed by atoms with Crippen LogP contribution < -0.4 is 5.69 Å². The Kier molecular flexibility index (Phi) is 6.16. The molecular weight excluding hydrogens is 416 g/mol. The molecule has 1 amide bonds. The Bertz CT molecular complexity index is 1140. The molecule has 0 unspecified atom stereocenters. The molecule has 2 atom stereocenters.